The number of hydrogen-bond acceptors (Lipinski definition) is 2. The zero-order valence-electron chi connectivity index (χ0n) is 9.48. The van der Waals surface area contributed by atoms with Crippen LogP contribution in [0.15, 0.2) is 18.5 Å². The summed E-state index contributed by atoms with van der Waals surface area (Å²) in [7, 11) is 0. The highest BCUT2D eigenvalue weighted by atomic mass is 16.4. The number of nitrogens with one attached hydrogen (secondary N) is 2. The summed E-state index contributed by atoms with van der Waals surface area (Å²) in [6.45, 7) is 0.450. The summed E-state index contributed by atoms with van der Waals surface area (Å²) < 4.78 is 0. The molecule has 2 unspecified atom stereocenters. The first-order valence-corrected chi connectivity index (χ1v) is 5.80. The fourth-order valence-corrected chi connectivity index (χ4v) is 2.36. The zero-order chi connectivity index (χ0) is 12.3. The van der Waals surface area contributed by atoms with Crippen molar-refractivity contribution < 1.29 is 14.7 Å². The lowest BCUT2D eigenvalue weighted by Crippen LogP contribution is -2.34. The molecule has 1 amide bonds. The number of aromatic nitrogens is 1. The van der Waals surface area contributed by atoms with E-state index >= 15 is 0 Å². The molecule has 1 aromatic heterocycles. The summed E-state index contributed by atoms with van der Waals surface area (Å²) in [6, 6.07) is 1.88. The maximum absolute atomic E-state index is 11.9. The number of rotatable bonds is 4. The van der Waals surface area contributed by atoms with E-state index in [9.17, 15) is 9.59 Å². The van der Waals surface area contributed by atoms with Crippen molar-refractivity contribution in [3.05, 3.63) is 24.0 Å². The minimum atomic E-state index is -0.857. The number of carboxylic acid groups (broad SMARTS) is 1. The Labute approximate surface area is 99.2 Å². The van der Waals surface area contributed by atoms with Gasteiger partial charge in [-0.25, -0.2) is 0 Å². The van der Waals surface area contributed by atoms with Crippen molar-refractivity contribution >= 4 is 11.9 Å². The highest BCUT2D eigenvalue weighted by molar-refractivity contribution is 5.85. The van der Waals surface area contributed by atoms with E-state index in [0.29, 0.717) is 19.4 Å². The van der Waals surface area contributed by atoms with E-state index in [1.165, 1.54) is 0 Å². The molecule has 0 spiro atoms. The van der Waals surface area contributed by atoms with Crippen LogP contribution < -0.4 is 5.32 Å². The van der Waals surface area contributed by atoms with Gasteiger partial charge in [0.2, 0.25) is 5.91 Å². The van der Waals surface area contributed by atoms with E-state index in [-0.39, 0.29) is 11.8 Å². The molecule has 2 atom stereocenters. The van der Waals surface area contributed by atoms with Crippen LogP contribution in [0.5, 0.6) is 0 Å². The average molecular weight is 236 g/mol. The summed E-state index contributed by atoms with van der Waals surface area (Å²) in [5.41, 5.74) is 0.989. The second-order valence-corrected chi connectivity index (χ2v) is 4.42. The van der Waals surface area contributed by atoms with Crippen molar-refractivity contribution in [1.29, 1.82) is 0 Å². The van der Waals surface area contributed by atoms with Gasteiger partial charge in [0, 0.05) is 18.9 Å². The topological polar surface area (TPSA) is 82.2 Å². The van der Waals surface area contributed by atoms with Gasteiger partial charge in [-0.3, -0.25) is 9.59 Å². The van der Waals surface area contributed by atoms with E-state index in [2.05, 4.69) is 10.3 Å². The van der Waals surface area contributed by atoms with Crippen LogP contribution in [0.25, 0.3) is 0 Å². The monoisotopic (exact) mass is 236 g/mol. The van der Waals surface area contributed by atoms with Gasteiger partial charge in [-0.2, -0.15) is 0 Å². The number of aliphatic carboxylic acids is 1. The smallest absolute Gasteiger partial charge is 0.307 e. The van der Waals surface area contributed by atoms with E-state index < -0.39 is 11.9 Å². The van der Waals surface area contributed by atoms with Crippen LogP contribution in [0.1, 0.15) is 24.8 Å². The Morgan fingerprint density at radius 3 is 2.82 bits per heavy atom. The zero-order valence-corrected chi connectivity index (χ0v) is 9.48. The van der Waals surface area contributed by atoms with E-state index in [1.807, 2.05) is 12.3 Å². The highest BCUT2D eigenvalue weighted by Crippen LogP contribution is 2.32. The highest BCUT2D eigenvalue weighted by Gasteiger charge is 2.37. The summed E-state index contributed by atoms with van der Waals surface area (Å²) in [6.07, 6.45) is 5.70. The van der Waals surface area contributed by atoms with Gasteiger partial charge in [-0.05, 0) is 24.5 Å². The lowest BCUT2D eigenvalue weighted by Gasteiger charge is -2.15. The van der Waals surface area contributed by atoms with Gasteiger partial charge in [0.1, 0.15) is 0 Å². The number of H-pyrrole nitrogens is 1. The standard InChI is InChI=1S/C12H16N2O3/c15-11(14-7-8-4-5-13-6-8)9-2-1-3-10(9)12(16)17/h4-6,9-10,13H,1-3,7H2,(H,14,15)(H,16,17). The maximum Gasteiger partial charge on any atom is 0.307 e. The largest absolute Gasteiger partial charge is 0.481 e. The molecule has 92 valence electrons. The number of carbonyl (C=O) groups excluding carboxylic acids is 1. The number of carbonyl (C=O) groups is 2. The lowest BCUT2D eigenvalue weighted by atomic mass is 9.95. The molecule has 0 aromatic carbocycles. The van der Waals surface area contributed by atoms with Crippen molar-refractivity contribution in [2.24, 2.45) is 11.8 Å². The van der Waals surface area contributed by atoms with Crippen LogP contribution in [0.4, 0.5) is 0 Å². The Balaban J connectivity index is 1.89. The van der Waals surface area contributed by atoms with E-state index in [1.54, 1.807) is 6.20 Å². The molecule has 0 aliphatic heterocycles. The van der Waals surface area contributed by atoms with Gasteiger partial charge in [0.15, 0.2) is 0 Å². The predicted octanol–water partition coefficient (Wildman–Crippen LogP) is 1.13. The van der Waals surface area contributed by atoms with Crippen LogP contribution in [-0.4, -0.2) is 22.0 Å². The molecule has 0 radical (unpaired) electrons. The Hall–Kier alpha value is -1.78. The van der Waals surface area contributed by atoms with E-state index in [4.69, 9.17) is 5.11 Å². The first-order valence-electron chi connectivity index (χ1n) is 5.80. The average Bonchev–Trinajstić information content (AvgIpc) is 2.96. The fraction of sp³-hybridized carbons (Fsp3) is 0.500. The molecule has 17 heavy (non-hydrogen) atoms. The molecule has 0 bridgehead atoms. The van der Waals surface area contributed by atoms with Gasteiger partial charge < -0.3 is 15.4 Å². The number of aromatic amines is 1. The van der Waals surface area contributed by atoms with Crippen LogP contribution >= 0.6 is 0 Å². The Morgan fingerprint density at radius 1 is 1.41 bits per heavy atom. The maximum atomic E-state index is 11.9. The van der Waals surface area contributed by atoms with Crippen LogP contribution in [0.3, 0.4) is 0 Å². The number of carboxylic acids is 1. The second kappa shape index (κ2) is 5.03. The molecular weight excluding hydrogens is 220 g/mol. The summed E-state index contributed by atoms with van der Waals surface area (Å²) in [5, 5.41) is 11.8. The van der Waals surface area contributed by atoms with Gasteiger partial charge >= 0.3 is 5.97 Å². The SMILES string of the molecule is O=C(O)C1CCCC1C(=O)NCc1cc[nH]c1. The molecule has 5 nitrogen and oxygen atoms in total. The third-order valence-electron chi connectivity index (χ3n) is 3.30. The predicted molar refractivity (Wildman–Crippen MR) is 61.1 cm³/mol. The lowest BCUT2D eigenvalue weighted by molar-refractivity contribution is -0.146. The van der Waals surface area contributed by atoms with Gasteiger partial charge in [-0.1, -0.05) is 6.42 Å². The molecular formula is C12H16N2O3. The van der Waals surface area contributed by atoms with Crippen LogP contribution in [0, 0.1) is 11.8 Å². The first-order chi connectivity index (χ1) is 8.18. The first kappa shape index (κ1) is 11.7. The molecule has 1 fully saturated rings. The quantitative estimate of drug-likeness (QED) is 0.733. The molecule has 5 heteroatoms. The number of amides is 1. The van der Waals surface area contributed by atoms with Crippen molar-refractivity contribution in [2.45, 2.75) is 25.8 Å². The second-order valence-electron chi connectivity index (χ2n) is 4.42. The molecule has 1 heterocycles. The summed E-state index contributed by atoms with van der Waals surface area (Å²) in [5.74, 6) is -1.88. The molecule has 0 saturated heterocycles. The van der Waals surface area contributed by atoms with E-state index in [0.717, 1.165) is 12.0 Å². The third kappa shape index (κ3) is 2.67. The van der Waals surface area contributed by atoms with Crippen LogP contribution in [0.2, 0.25) is 0 Å². The molecule has 1 aliphatic rings. The molecule has 1 saturated carbocycles. The third-order valence-corrected chi connectivity index (χ3v) is 3.30. The molecule has 1 aromatic rings. The van der Waals surface area contributed by atoms with Crippen LogP contribution in [-0.2, 0) is 16.1 Å². The Bertz CT molecular complexity index is 400. The summed E-state index contributed by atoms with van der Waals surface area (Å²) >= 11 is 0. The minimum absolute atomic E-state index is 0.142. The molecule has 1 aliphatic carbocycles. The normalized spacial score (nSPS) is 23.5. The number of hydrogen-bond donors (Lipinski definition) is 3. The van der Waals surface area contributed by atoms with Crippen molar-refractivity contribution in [1.82, 2.24) is 10.3 Å². The Kier molecular flexibility index (Phi) is 3.46. The van der Waals surface area contributed by atoms with Gasteiger partial charge in [0.25, 0.3) is 0 Å². The molecule has 3 N–H and O–H groups in total. The molecule has 2 rings (SSSR count). The fourth-order valence-electron chi connectivity index (χ4n) is 2.36. The summed E-state index contributed by atoms with van der Waals surface area (Å²) in [4.78, 5) is 25.7. The van der Waals surface area contributed by atoms with Crippen molar-refractivity contribution in [2.75, 3.05) is 0 Å². The van der Waals surface area contributed by atoms with Gasteiger partial charge in [-0.15, -0.1) is 0 Å². The van der Waals surface area contributed by atoms with Gasteiger partial charge in [0.05, 0.1) is 11.8 Å². The van der Waals surface area contributed by atoms with Crippen molar-refractivity contribution in [3.8, 4) is 0 Å². The van der Waals surface area contributed by atoms with Crippen molar-refractivity contribution in [3.63, 3.8) is 0 Å². The Morgan fingerprint density at radius 2 is 2.18 bits per heavy atom. The minimum Gasteiger partial charge on any atom is -0.481 e.